The fraction of sp³-hybridized carbons (Fsp3) is 0.857. The molecule has 0 spiro atoms. The van der Waals surface area contributed by atoms with Crippen LogP contribution in [0.25, 0.3) is 0 Å². The first-order valence-corrected chi connectivity index (χ1v) is 7.39. The molecule has 0 amide bonds. The second-order valence-electron chi connectivity index (χ2n) is 5.55. The SMILES string of the molecule is COC(=O)CCC(Cl)C1CC2CC(C=O)CCC2O1. The Morgan fingerprint density at radius 2 is 2.26 bits per heavy atom. The van der Waals surface area contributed by atoms with Gasteiger partial charge in [-0.1, -0.05) is 0 Å². The molecule has 1 saturated carbocycles. The van der Waals surface area contributed by atoms with Crippen LogP contribution in [0.2, 0.25) is 0 Å². The average molecular weight is 289 g/mol. The Balaban J connectivity index is 1.80. The first-order chi connectivity index (χ1) is 9.13. The molecule has 2 aliphatic rings. The third-order valence-corrected chi connectivity index (χ3v) is 4.78. The molecule has 4 nitrogen and oxygen atoms in total. The number of esters is 1. The van der Waals surface area contributed by atoms with Crippen LogP contribution in [0.4, 0.5) is 0 Å². The summed E-state index contributed by atoms with van der Waals surface area (Å²) >= 11 is 6.32. The number of methoxy groups -OCH3 is 1. The monoisotopic (exact) mass is 288 g/mol. The Morgan fingerprint density at radius 1 is 1.47 bits per heavy atom. The van der Waals surface area contributed by atoms with E-state index in [1.165, 1.54) is 7.11 Å². The van der Waals surface area contributed by atoms with Crippen LogP contribution in [-0.2, 0) is 19.1 Å². The van der Waals surface area contributed by atoms with E-state index in [1.807, 2.05) is 0 Å². The Bertz CT molecular complexity index is 333. The maximum absolute atomic E-state index is 11.1. The number of alkyl halides is 1. The van der Waals surface area contributed by atoms with Gasteiger partial charge in [-0.2, -0.15) is 0 Å². The number of rotatable bonds is 5. The number of aldehydes is 1. The fourth-order valence-corrected chi connectivity index (χ4v) is 3.45. The van der Waals surface area contributed by atoms with Gasteiger partial charge in [-0.3, -0.25) is 4.79 Å². The Morgan fingerprint density at radius 3 is 2.95 bits per heavy atom. The van der Waals surface area contributed by atoms with Crippen molar-refractivity contribution in [1.29, 1.82) is 0 Å². The summed E-state index contributed by atoms with van der Waals surface area (Å²) in [6.07, 6.45) is 5.94. The first-order valence-electron chi connectivity index (χ1n) is 6.95. The van der Waals surface area contributed by atoms with Gasteiger partial charge >= 0.3 is 5.97 Å². The lowest BCUT2D eigenvalue weighted by Crippen LogP contribution is -2.26. The third-order valence-electron chi connectivity index (χ3n) is 4.29. The standard InChI is InChI=1S/C14H21ClO4/c1-18-14(17)5-3-11(15)13-7-10-6-9(8-16)2-4-12(10)19-13/h8-13H,2-7H2,1H3. The van der Waals surface area contributed by atoms with Crippen LogP contribution in [0.15, 0.2) is 0 Å². The fourth-order valence-electron chi connectivity index (χ4n) is 3.18. The van der Waals surface area contributed by atoms with Gasteiger partial charge in [0.25, 0.3) is 0 Å². The number of hydrogen-bond acceptors (Lipinski definition) is 4. The van der Waals surface area contributed by atoms with E-state index < -0.39 is 0 Å². The van der Waals surface area contributed by atoms with E-state index in [9.17, 15) is 9.59 Å². The minimum atomic E-state index is -0.234. The van der Waals surface area contributed by atoms with Crippen LogP contribution in [-0.4, -0.2) is 37.0 Å². The maximum atomic E-state index is 11.1. The molecule has 0 bridgehead atoms. The van der Waals surface area contributed by atoms with Crippen LogP contribution >= 0.6 is 11.6 Å². The predicted octanol–water partition coefficient (Wildman–Crippen LogP) is 2.32. The van der Waals surface area contributed by atoms with Gasteiger partial charge in [0.2, 0.25) is 0 Å². The summed E-state index contributed by atoms with van der Waals surface area (Å²) in [5.74, 6) is 0.405. The number of hydrogen-bond donors (Lipinski definition) is 0. The Labute approximate surface area is 118 Å². The molecule has 19 heavy (non-hydrogen) atoms. The number of fused-ring (bicyclic) bond motifs is 1. The predicted molar refractivity (Wildman–Crippen MR) is 71.1 cm³/mol. The topological polar surface area (TPSA) is 52.6 Å². The summed E-state index contributed by atoms with van der Waals surface area (Å²) in [5, 5.41) is -0.153. The normalized spacial score (nSPS) is 35.5. The molecular weight excluding hydrogens is 268 g/mol. The van der Waals surface area contributed by atoms with E-state index in [1.54, 1.807) is 0 Å². The van der Waals surface area contributed by atoms with Crippen LogP contribution in [0.1, 0.15) is 38.5 Å². The highest BCUT2D eigenvalue weighted by Gasteiger charge is 2.41. The minimum absolute atomic E-state index is 0.00623. The molecule has 2 rings (SSSR count). The summed E-state index contributed by atoms with van der Waals surface area (Å²) in [6.45, 7) is 0. The van der Waals surface area contributed by atoms with Crippen LogP contribution in [0.3, 0.4) is 0 Å². The van der Waals surface area contributed by atoms with Crippen LogP contribution in [0.5, 0.6) is 0 Å². The second kappa shape index (κ2) is 6.71. The van der Waals surface area contributed by atoms with Gasteiger partial charge in [0.1, 0.15) is 6.29 Å². The largest absolute Gasteiger partial charge is 0.469 e. The lowest BCUT2D eigenvalue weighted by molar-refractivity contribution is -0.140. The number of halogens is 1. The highest BCUT2D eigenvalue weighted by molar-refractivity contribution is 6.21. The molecule has 1 heterocycles. The van der Waals surface area contributed by atoms with Crippen LogP contribution in [0, 0.1) is 11.8 Å². The van der Waals surface area contributed by atoms with Crippen molar-refractivity contribution in [3.8, 4) is 0 Å². The van der Waals surface area contributed by atoms with E-state index in [2.05, 4.69) is 4.74 Å². The molecule has 1 saturated heterocycles. The first kappa shape index (κ1) is 14.8. The molecule has 0 aromatic rings. The highest BCUT2D eigenvalue weighted by Crippen LogP contribution is 2.41. The zero-order valence-corrected chi connectivity index (χ0v) is 12.0. The van der Waals surface area contributed by atoms with Crippen molar-refractivity contribution < 1.29 is 19.1 Å². The van der Waals surface area contributed by atoms with Gasteiger partial charge in [0.15, 0.2) is 0 Å². The zero-order chi connectivity index (χ0) is 13.8. The molecule has 2 fully saturated rings. The van der Waals surface area contributed by atoms with Gasteiger partial charge in [-0.25, -0.2) is 0 Å². The van der Waals surface area contributed by atoms with Crippen molar-refractivity contribution >= 4 is 23.9 Å². The summed E-state index contributed by atoms with van der Waals surface area (Å²) in [4.78, 5) is 22.0. The molecular formula is C14H21ClO4. The molecule has 0 aromatic carbocycles. The van der Waals surface area contributed by atoms with Gasteiger partial charge in [0, 0.05) is 12.3 Å². The summed E-state index contributed by atoms with van der Waals surface area (Å²) in [7, 11) is 1.38. The average Bonchev–Trinajstić information content (AvgIpc) is 2.86. The molecule has 1 aliphatic carbocycles. The van der Waals surface area contributed by atoms with Gasteiger partial charge < -0.3 is 14.3 Å². The molecule has 5 atom stereocenters. The number of carbonyl (C=O) groups is 2. The smallest absolute Gasteiger partial charge is 0.305 e. The Hall–Kier alpha value is -0.610. The van der Waals surface area contributed by atoms with Gasteiger partial charge in [-0.15, -0.1) is 11.6 Å². The van der Waals surface area contributed by atoms with Crippen molar-refractivity contribution in [2.45, 2.75) is 56.1 Å². The maximum Gasteiger partial charge on any atom is 0.305 e. The summed E-state index contributed by atoms with van der Waals surface area (Å²) < 4.78 is 10.6. The highest BCUT2D eigenvalue weighted by atomic mass is 35.5. The van der Waals surface area contributed by atoms with E-state index in [-0.39, 0.29) is 29.5 Å². The minimum Gasteiger partial charge on any atom is -0.469 e. The van der Waals surface area contributed by atoms with Crippen molar-refractivity contribution in [1.82, 2.24) is 0 Å². The lowest BCUT2D eigenvalue weighted by Gasteiger charge is -2.27. The van der Waals surface area contributed by atoms with Crippen molar-refractivity contribution in [2.24, 2.45) is 11.8 Å². The lowest BCUT2D eigenvalue weighted by atomic mass is 9.79. The van der Waals surface area contributed by atoms with E-state index in [4.69, 9.17) is 16.3 Å². The van der Waals surface area contributed by atoms with Crippen molar-refractivity contribution in [2.75, 3.05) is 7.11 Å². The molecule has 1 aliphatic heterocycles. The zero-order valence-electron chi connectivity index (χ0n) is 11.2. The van der Waals surface area contributed by atoms with E-state index in [0.717, 1.165) is 32.0 Å². The van der Waals surface area contributed by atoms with Crippen molar-refractivity contribution in [3.63, 3.8) is 0 Å². The number of ether oxygens (including phenoxy) is 2. The Kier molecular flexibility index (Phi) is 5.22. The van der Waals surface area contributed by atoms with Gasteiger partial charge in [-0.05, 0) is 38.0 Å². The van der Waals surface area contributed by atoms with Gasteiger partial charge in [0.05, 0.1) is 24.7 Å². The summed E-state index contributed by atoms with van der Waals surface area (Å²) in [5.41, 5.74) is 0. The van der Waals surface area contributed by atoms with E-state index >= 15 is 0 Å². The molecule has 0 aromatic heterocycles. The third kappa shape index (κ3) is 3.69. The van der Waals surface area contributed by atoms with Crippen molar-refractivity contribution in [3.05, 3.63) is 0 Å². The molecule has 0 N–H and O–H groups in total. The number of carbonyl (C=O) groups excluding carboxylic acids is 2. The quantitative estimate of drug-likeness (QED) is 0.443. The molecule has 0 radical (unpaired) electrons. The molecule has 5 heteroatoms. The molecule has 108 valence electrons. The summed E-state index contributed by atoms with van der Waals surface area (Å²) in [6, 6.07) is 0. The van der Waals surface area contributed by atoms with E-state index in [0.29, 0.717) is 18.8 Å². The second-order valence-corrected chi connectivity index (χ2v) is 6.11. The van der Waals surface area contributed by atoms with Crippen LogP contribution < -0.4 is 0 Å². The molecule has 5 unspecified atom stereocenters.